The van der Waals surface area contributed by atoms with Crippen LogP contribution in [-0.2, 0) is 10.2 Å². The van der Waals surface area contributed by atoms with Crippen LogP contribution in [0.15, 0.2) is 42.0 Å². The smallest absolute Gasteiger partial charge is 0.228 e. The predicted molar refractivity (Wildman–Crippen MR) is 120 cm³/mol. The Hall–Kier alpha value is -1.61. The molecule has 4 bridgehead atoms. The van der Waals surface area contributed by atoms with Gasteiger partial charge in [0.05, 0.1) is 5.41 Å². The van der Waals surface area contributed by atoms with E-state index in [1.54, 1.807) is 5.57 Å². The molecule has 2 saturated heterocycles. The molecule has 1 aromatic rings. The molecule has 2 aliphatic heterocycles. The second-order valence-corrected chi connectivity index (χ2v) is 11.3. The van der Waals surface area contributed by atoms with E-state index in [-0.39, 0.29) is 10.8 Å². The van der Waals surface area contributed by atoms with Crippen molar-refractivity contribution in [3.05, 3.63) is 47.5 Å². The van der Waals surface area contributed by atoms with E-state index in [0.29, 0.717) is 23.2 Å². The summed E-state index contributed by atoms with van der Waals surface area (Å²) in [4.78, 5) is 16.4. The summed E-state index contributed by atoms with van der Waals surface area (Å²) < 4.78 is 0. The molecule has 160 valence electrons. The third-order valence-corrected chi connectivity index (χ3v) is 9.56. The zero-order valence-electron chi connectivity index (χ0n) is 18.5. The van der Waals surface area contributed by atoms with Gasteiger partial charge >= 0.3 is 0 Å². The quantitative estimate of drug-likeness (QED) is 0.742. The number of benzene rings is 1. The van der Waals surface area contributed by atoms with Gasteiger partial charge in [-0.3, -0.25) is 4.79 Å². The second-order valence-electron chi connectivity index (χ2n) is 11.3. The fourth-order valence-electron chi connectivity index (χ4n) is 8.24. The SMILES string of the molecule is CCC=C1C2CC3(C(=O)N4CCC5(CC4)CNC5)CC1CC(c1ccccc1)(C2)C3. The molecule has 6 fully saturated rings. The van der Waals surface area contributed by atoms with E-state index in [0.717, 1.165) is 51.9 Å². The number of nitrogens with one attached hydrogen (secondary N) is 1. The van der Waals surface area contributed by atoms with Crippen LogP contribution in [0.5, 0.6) is 0 Å². The summed E-state index contributed by atoms with van der Waals surface area (Å²) in [7, 11) is 0. The fraction of sp³-hybridized carbons (Fsp3) is 0.667. The lowest BCUT2D eigenvalue weighted by Crippen LogP contribution is -2.63. The summed E-state index contributed by atoms with van der Waals surface area (Å²) in [5.41, 5.74) is 3.79. The highest BCUT2D eigenvalue weighted by molar-refractivity contribution is 5.84. The van der Waals surface area contributed by atoms with Gasteiger partial charge in [-0.2, -0.15) is 0 Å². The summed E-state index contributed by atoms with van der Waals surface area (Å²) in [6.07, 6.45) is 11.8. The molecule has 2 atom stereocenters. The minimum absolute atomic E-state index is 0.116. The summed E-state index contributed by atoms with van der Waals surface area (Å²) in [5, 5.41) is 3.45. The number of rotatable bonds is 3. The molecule has 2 unspecified atom stereocenters. The Kier molecular flexibility index (Phi) is 4.26. The van der Waals surface area contributed by atoms with Crippen molar-refractivity contribution in [2.45, 2.75) is 63.7 Å². The molecular weight excluding hydrogens is 368 g/mol. The van der Waals surface area contributed by atoms with Crippen LogP contribution in [0, 0.1) is 22.7 Å². The summed E-state index contributed by atoms with van der Waals surface area (Å²) >= 11 is 0. The Balaban J connectivity index is 1.32. The minimum Gasteiger partial charge on any atom is -0.342 e. The molecule has 30 heavy (non-hydrogen) atoms. The Morgan fingerprint density at radius 2 is 1.73 bits per heavy atom. The third kappa shape index (κ3) is 2.70. The Labute approximate surface area is 181 Å². The number of amides is 1. The van der Waals surface area contributed by atoms with E-state index >= 15 is 0 Å². The lowest BCUT2D eigenvalue weighted by molar-refractivity contribution is -0.158. The van der Waals surface area contributed by atoms with Gasteiger partial charge < -0.3 is 10.2 Å². The van der Waals surface area contributed by atoms with Gasteiger partial charge in [0.15, 0.2) is 0 Å². The first-order valence-electron chi connectivity index (χ1n) is 12.3. The molecule has 1 amide bonds. The van der Waals surface area contributed by atoms with Crippen molar-refractivity contribution in [2.24, 2.45) is 22.7 Å². The predicted octanol–water partition coefficient (Wildman–Crippen LogP) is 4.68. The van der Waals surface area contributed by atoms with Gasteiger partial charge in [-0.05, 0) is 79.6 Å². The molecule has 4 aliphatic carbocycles. The number of piperidine rings is 1. The monoisotopic (exact) mass is 404 g/mol. The van der Waals surface area contributed by atoms with E-state index in [9.17, 15) is 4.79 Å². The molecule has 4 saturated carbocycles. The number of carbonyl (C=O) groups is 1. The van der Waals surface area contributed by atoms with Gasteiger partial charge in [-0.15, -0.1) is 0 Å². The number of allylic oxidation sites excluding steroid dienone is 2. The zero-order chi connectivity index (χ0) is 20.4. The van der Waals surface area contributed by atoms with Gasteiger partial charge in [-0.1, -0.05) is 48.9 Å². The summed E-state index contributed by atoms with van der Waals surface area (Å²) in [6, 6.07) is 11.2. The highest BCUT2D eigenvalue weighted by atomic mass is 16.2. The maximum absolute atomic E-state index is 14.1. The average molecular weight is 405 g/mol. The van der Waals surface area contributed by atoms with Crippen LogP contribution in [0.4, 0.5) is 0 Å². The van der Waals surface area contributed by atoms with E-state index in [1.807, 2.05) is 0 Å². The first kappa shape index (κ1) is 19.1. The van der Waals surface area contributed by atoms with Crippen LogP contribution in [0.1, 0.15) is 63.9 Å². The maximum Gasteiger partial charge on any atom is 0.228 e. The zero-order valence-corrected chi connectivity index (χ0v) is 18.5. The molecule has 7 rings (SSSR count). The minimum atomic E-state index is -0.116. The number of likely N-dealkylation sites (tertiary alicyclic amines) is 1. The van der Waals surface area contributed by atoms with Crippen molar-refractivity contribution in [3.63, 3.8) is 0 Å². The van der Waals surface area contributed by atoms with Crippen LogP contribution in [0.25, 0.3) is 0 Å². The van der Waals surface area contributed by atoms with E-state index in [4.69, 9.17) is 0 Å². The molecule has 1 aromatic carbocycles. The van der Waals surface area contributed by atoms with Crippen molar-refractivity contribution in [1.82, 2.24) is 10.2 Å². The van der Waals surface area contributed by atoms with Crippen LogP contribution in [-0.4, -0.2) is 37.0 Å². The molecule has 0 radical (unpaired) electrons. The van der Waals surface area contributed by atoms with Crippen molar-refractivity contribution in [1.29, 1.82) is 0 Å². The van der Waals surface area contributed by atoms with Gasteiger partial charge in [0.1, 0.15) is 0 Å². The van der Waals surface area contributed by atoms with Crippen molar-refractivity contribution >= 4 is 5.91 Å². The number of hydrogen-bond donors (Lipinski definition) is 1. The summed E-state index contributed by atoms with van der Waals surface area (Å²) in [6.45, 7) is 6.55. The molecule has 3 nitrogen and oxygen atoms in total. The molecular formula is C27H36N2O. The topological polar surface area (TPSA) is 32.3 Å². The number of hydrogen-bond acceptors (Lipinski definition) is 2. The molecule has 2 heterocycles. The van der Waals surface area contributed by atoms with E-state index < -0.39 is 0 Å². The van der Waals surface area contributed by atoms with Crippen LogP contribution >= 0.6 is 0 Å². The Morgan fingerprint density at radius 1 is 1.07 bits per heavy atom. The standard InChI is InChI=1S/C27H36N2O/c1-2-6-23-20-13-26(22-7-4-3-5-8-22)14-21(23)16-27(15-20,17-26)24(30)29-11-9-25(10-12-29)18-28-19-25/h3-8,20-21,28H,2,9-19H2,1H3. The van der Waals surface area contributed by atoms with Gasteiger partial charge in [0.25, 0.3) is 0 Å². The van der Waals surface area contributed by atoms with Crippen molar-refractivity contribution in [3.8, 4) is 0 Å². The highest BCUT2D eigenvalue weighted by Gasteiger charge is 2.63. The largest absolute Gasteiger partial charge is 0.342 e. The fourth-order valence-corrected chi connectivity index (χ4v) is 8.24. The second kappa shape index (κ2) is 6.69. The lowest BCUT2D eigenvalue weighted by Gasteiger charge is -2.63. The highest BCUT2D eigenvalue weighted by Crippen LogP contribution is 2.68. The van der Waals surface area contributed by atoms with Gasteiger partial charge in [0.2, 0.25) is 5.91 Å². The number of nitrogens with zero attached hydrogens (tertiary/aromatic N) is 1. The Bertz CT molecular complexity index is 840. The first-order chi connectivity index (χ1) is 14.6. The lowest BCUT2D eigenvalue weighted by atomic mass is 9.41. The van der Waals surface area contributed by atoms with Crippen molar-refractivity contribution < 1.29 is 4.79 Å². The Morgan fingerprint density at radius 3 is 2.30 bits per heavy atom. The van der Waals surface area contributed by atoms with Crippen molar-refractivity contribution in [2.75, 3.05) is 26.2 Å². The average Bonchev–Trinajstić information content (AvgIpc) is 2.75. The van der Waals surface area contributed by atoms with E-state index in [1.165, 1.54) is 31.2 Å². The van der Waals surface area contributed by atoms with E-state index in [2.05, 4.69) is 53.5 Å². The molecule has 1 spiro atoms. The van der Waals surface area contributed by atoms with Gasteiger partial charge in [-0.25, -0.2) is 0 Å². The summed E-state index contributed by atoms with van der Waals surface area (Å²) in [5.74, 6) is 1.74. The van der Waals surface area contributed by atoms with Gasteiger partial charge in [0, 0.05) is 26.2 Å². The first-order valence-corrected chi connectivity index (χ1v) is 12.3. The normalized spacial score (nSPS) is 38.6. The molecule has 3 heteroatoms. The van der Waals surface area contributed by atoms with Crippen LogP contribution in [0.2, 0.25) is 0 Å². The third-order valence-electron chi connectivity index (χ3n) is 9.56. The molecule has 6 aliphatic rings. The molecule has 0 aromatic heterocycles. The number of carbonyl (C=O) groups excluding carboxylic acids is 1. The maximum atomic E-state index is 14.1. The molecule has 1 N–H and O–H groups in total. The van der Waals surface area contributed by atoms with Crippen LogP contribution in [0.3, 0.4) is 0 Å². The van der Waals surface area contributed by atoms with Crippen LogP contribution < -0.4 is 5.32 Å².